The number of halogens is 1. The summed E-state index contributed by atoms with van der Waals surface area (Å²) in [4.78, 5) is 16.8. The van der Waals surface area contributed by atoms with Gasteiger partial charge in [0.05, 0.1) is 17.3 Å². The molecule has 1 atom stereocenters. The lowest BCUT2D eigenvalue weighted by atomic mass is 9.92. The van der Waals surface area contributed by atoms with Gasteiger partial charge in [-0.2, -0.15) is 5.10 Å². The average molecular weight is 342 g/mol. The van der Waals surface area contributed by atoms with E-state index in [-0.39, 0.29) is 17.6 Å². The van der Waals surface area contributed by atoms with E-state index in [1.807, 2.05) is 19.4 Å². The molecule has 4 rings (SSSR count). The number of anilines is 1. The summed E-state index contributed by atoms with van der Waals surface area (Å²) in [5.74, 6) is 0.344. The minimum absolute atomic E-state index is 0.0333. The molecule has 1 N–H and O–H groups in total. The van der Waals surface area contributed by atoms with Gasteiger partial charge in [0.15, 0.2) is 0 Å². The fourth-order valence-corrected chi connectivity index (χ4v) is 4.06. The van der Waals surface area contributed by atoms with Gasteiger partial charge in [0.1, 0.15) is 16.6 Å². The van der Waals surface area contributed by atoms with Crippen LogP contribution in [0.1, 0.15) is 28.6 Å². The number of rotatable bonds is 2. The molecule has 3 heterocycles. The maximum atomic E-state index is 13.1. The van der Waals surface area contributed by atoms with Crippen LogP contribution in [0.4, 0.5) is 10.2 Å². The quantitative estimate of drug-likeness (QED) is 0.776. The SMILES string of the molecule is Cc1nn(C)c2c1C(c1nc(-c3ccc(F)cc3)cs1)CC(=O)N2. The summed E-state index contributed by atoms with van der Waals surface area (Å²) in [5, 5.41) is 10.1. The fourth-order valence-electron chi connectivity index (χ4n) is 3.12. The third-order valence-electron chi connectivity index (χ3n) is 4.22. The van der Waals surface area contributed by atoms with E-state index in [1.165, 1.54) is 23.5 Å². The van der Waals surface area contributed by atoms with Gasteiger partial charge < -0.3 is 5.32 Å². The van der Waals surface area contributed by atoms with Crippen molar-refractivity contribution in [3.05, 3.63) is 51.7 Å². The third kappa shape index (κ3) is 2.41. The predicted octanol–water partition coefficient (Wildman–Crippen LogP) is 3.47. The molecule has 0 aliphatic carbocycles. The van der Waals surface area contributed by atoms with E-state index in [0.717, 1.165) is 33.3 Å². The Kier molecular flexibility index (Phi) is 3.45. The fraction of sp³-hybridized carbons (Fsp3) is 0.235. The molecule has 0 fully saturated rings. The highest BCUT2D eigenvalue weighted by molar-refractivity contribution is 7.10. The molecule has 1 aliphatic heterocycles. The number of hydrogen-bond acceptors (Lipinski definition) is 4. The van der Waals surface area contributed by atoms with E-state index in [4.69, 9.17) is 4.98 Å². The van der Waals surface area contributed by atoms with Crippen LogP contribution in [0.15, 0.2) is 29.6 Å². The molecular weight excluding hydrogens is 327 g/mol. The lowest BCUT2D eigenvalue weighted by Crippen LogP contribution is -2.24. The van der Waals surface area contributed by atoms with Gasteiger partial charge in [0, 0.05) is 30.0 Å². The first-order chi connectivity index (χ1) is 11.5. The number of benzene rings is 1. The molecule has 1 amide bonds. The number of aryl methyl sites for hydroxylation is 2. The largest absolute Gasteiger partial charge is 0.311 e. The van der Waals surface area contributed by atoms with Crippen LogP contribution < -0.4 is 5.32 Å². The molecule has 24 heavy (non-hydrogen) atoms. The zero-order chi connectivity index (χ0) is 16.8. The monoisotopic (exact) mass is 342 g/mol. The molecule has 0 radical (unpaired) electrons. The summed E-state index contributed by atoms with van der Waals surface area (Å²) >= 11 is 1.52. The minimum Gasteiger partial charge on any atom is -0.311 e. The Bertz CT molecular complexity index is 929. The Balaban J connectivity index is 1.75. The number of amides is 1. The number of carbonyl (C=O) groups excluding carboxylic acids is 1. The first-order valence-corrected chi connectivity index (χ1v) is 8.45. The van der Waals surface area contributed by atoms with Crippen molar-refractivity contribution in [3.8, 4) is 11.3 Å². The van der Waals surface area contributed by atoms with Crippen molar-refractivity contribution < 1.29 is 9.18 Å². The van der Waals surface area contributed by atoms with E-state index in [9.17, 15) is 9.18 Å². The molecule has 122 valence electrons. The second-order valence-electron chi connectivity index (χ2n) is 5.85. The van der Waals surface area contributed by atoms with Gasteiger partial charge in [-0.15, -0.1) is 11.3 Å². The number of carbonyl (C=O) groups is 1. The number of fused-ring (bicyclic) bond motifs is 1. The molecule has 0 saturated heterocycles. The Labute approximate surface area is 142 Å². The highest BCUT2D eigenvalue weighted by Crippen LogP contribution is 2.40. The highest BCUT2D eigenvalue weighted by atomic mass is 32.1. The summed E-state index contributed by atoms with van der Waals surface area (Å²) < 4.78 is 14.8. The van der Waals surface area contributed by atoms with E-state index >= 15 is 0 Å². The Morgan fingerprint density at radius 2 is 2.08 bits per heavy atom. The van der Waals surface area contributed by atoms with Gasteiger partial charge >= 0.3 is 0 Å². The average Bonchev–Trinajstić information content (AvgIpc) is 3.14. The Morgan fingerprint density at radius 3 is 2.83 bits per heavy atom. The van der Waals surface area contributed by atoms with Crippen LogP contribution in [0.2, 0.25) is 0 Å². The van der Waals surface area contributed by atoms with Gasteiger partial charge in [-0.1, -0.05) is 0 Å². The van der Waals surface area contributed by atoms with Crippen LogP contribution in [0.3, 0.4) is 0 Å². The Morgan fingerprint density at radius 1 is 1.33 bits per heavy atom. The van der Waals surface area contributed by atoms with Crippen LogP contribution in [0.5, 0.6) is 0 Å². The van der Waals surface area contributed by atoms with Crippen molar-refractivity contribution in [1.29, 1.82) is 0 Å². The van der Waals surface area contributed by atoms with Crippen molar-refractivity contribution in [1.82, 2.24) is 14.8 Å². The van der Waals surface area contributed by atoms with Crippen LogP contribution in [0, 0.1) is 12.7 Å². The number of hydrogen-bond donors (Lipinski definition) is 1. The first-order valence-electron chi connectivity index (χ1n) is 7.57. The van der Waals surface area contributed by atoms with E-state index in [2.05, 4.69) is 10.4 Å². The van der Waals surface area contributed by atoms with Crippen molar-refractivity contribution in [3.63, 3.8) is 0 Å². The maximum Gasteiger partial charge on any atom is 0.226 e. The van der Waals surface area contributed by atoms with Crippen molar-refractivity contribution in [2.24, 2.45) is 7.05 Å². The summed E-state index contributed by atoms with van der Waals surface area (Å²) in [7, 11) is 1.82. The minimum atomic E-state index is -0.270. The molecule has 1 aromatic carbocycles. The van der Waals surface area contributed by atoms with Crippen LogP contribution in [-0.2, 0) is 11.8 Å². The summed E-state index contributed by atoms with van der Waals surface area (Å²) in [5.41, 5.74) is 3.58. The van der Waals surface area contributed by atoms with Gasteiger partial charge in [-0.05, 0) is 31.2 Å². The predicted molar refractivity (Wildman–Crippen MR) is 90.5 cm³/mol. The van der Waals surface area contributed by atoms with Crippen molar-refractivity contribution >= 4 is 23.1 Å². The maximum absolute atomic E-state index is 13.1. The first kappa shape index (κ1) is 15.0. The van der Waals surface area contributed by atoms with Gasteiger partial charge in [-0.25, -0.2) is 9.37 Å². The zero-order valence-electron chi connectivity index (χ0n) is 13.2. The molecule has 3 aromatic rings. The summed E-state index contributed by atoms with van der Waals surface area (Å²) in [6.07, 6.45) is 0.357. The van der Waals surface area contributed by atoms with E-state index in [0.29, 0.717) is 6.42 Å². The lowest BCUT2D eigenvalue weighted by Gasteiger charge is -2.21. The number of nitrogens with zero attached hydrogens (tertiary/aromatic N) is 3. The zero-order valence-corrected chi connectivity index (χ0v) is 14.0. The number of thiazole rings is 1. The van der Waals surface area contributed by atoms with Gasteiger partial charge in [0.2, 0.25) is 5.91 Å². The summed E-state index contributed by atoms with van der Waals surface area (Å²) in [6.45, 7) is 1.94. The third-order valence-corrected chi connectivity index (χ3v) is 5.18. The second-order valence-corrected chi connectivity index (χ2v) is 6.74. The van der Waals surface area contributed by atoms with Crippen molar-refractivity contribution in [2.75, 3.05) is 5.32 Å². The smallest absolute Gasteiger partial charge is 0.226 e. The molecule has 7 heteroatoms. The molecule has 1 aliphatic rings. The molecule has 0 saturated carbocycles. The molecule has 0 bridgehead atoms. The Hall–Kier alpha value is -2.54. The van der Waals surface area contributed by atoms with Crippen molar-refractivity contribution in [2.45, 2.75) is 19.3 Å². The standard InChI is InChI=1S/C17H15FN4OS/c1-9-15-12(7-14(23)20-16(15)22(2)21-9)17-19-13(8-24-17)10-3-5-11(18)6-4-10/h3-6,8,12H,7H2,1-2H3,(H,20,23). The van der Waals surface area contributed by atoms with Gasteiger partial charge in [0.25, 0.3) is 0 Å². The summed E-state index contributed by atoms with van der Waals surface area (Å²) in [6, 6.07) is 6.27. The van der Waals surface area contributed by atoms with E-state index in [1.54, 1.807) is 16.8 Å². The molecule has 0 spiro atoms. The molecule has 5 nitrogen and oxygen atoms in total. The van der Waals surface area contributed by atoms with Crippen LogP contribution in [-0.4, -0.2) is 20.7 Å². The van der Waals surface area contributed by atoms with Crippen LogP contribution in [0.25, 0.3) is 11.3 Å². The second kappa shape index (κ2) is 5.52. The molecular formula is C17H15FN4OS. The normalized spacial score (nSPS) is 16.8. The number of aromatic nitrogens is 3. The van der Waals surface area contributed by atoms with Crippen LogP contribution >= 0.6 is 11.3 Å². The highest BCUT2D eigenvalue weighted by Gasteiger charge is 2.33. The van der Waals surface area contributed by atoms with Gasteiger partial charge in [-0.3, -0.25) is 9.48 Å². The molecule has 2 aromatic heterocycles. The van der Waals surface area contributed by atoms with E-state index < -0.39 is 0 Å². The topological polar surface area (TPSA) is 59.8 Å². The molecule has 1 unspecified atom stereocenters. The number of nitrogens with one attached hydrogen (secondary N) is 1. The lowest BCUT2D eigenvalue weighted by molar-refractivity contribution is -0.116.